The van der Waals surface area contributed by atoms with Gasteiger partial charge in [-0.2, -0.15) is 13.2 Å². The molecule has 0 amide bonds. The van der Waals surface area contributed by atoms with E-state index in [2.05, 4.69) is 11.8 Å². The Morgan fingerprint density at radius 1 is 1.26 bits per heavy atom. The Kier molecular flexibility index (Phi) is 4.16. The van der Waals surface area contributed by atoms with Gasteiger partial charge in [-0.1, -0.05) is 19.1 Å². The van der Waals surface area contributed by atoms with E-state index in [1.54, 1.807) is 12.1 Å². The van der Waals surface area contributed by atoms with Crippen LogP contribution in [0.15, 0.2) is 24.3 Å². The first-order chi connectivity index (χ1) is 8.91. The number of nitrogens with zero attached hydrogens (tertiary/aromatic N) is 1. The van der Waals surface area contributed by atoms with Crippen LogP contribution in [0.5, 0.6) is 0 Å². The first-order valence-electron chi connectivity index (χ1n) is 6.52. The number of nitrogens with two attached hydrogens (primary N) is 1. The Hall–Kier alpha value is -1.07. The molecule has 2 atom stereocenters. The summed E-state index contributed by atoms with van der Waals surface area (Å²) >= 11 is 0. The highest BCUT2D eigenvalue weighted by atomic mass is 19.4. The summed E-state index contributed by atoms with van der Waals surface area (Å²) in [5, 5.41) is 0. The van der Waals surface area contributed by atoms with Crippen LogP contribution in [0.2, 0.25) is 0 Å². The molecule has 0 radical (unpaired) electrons. The number of hydrogen-bond donors (Lipinski definition) is 1. The molecule has 1 aromatic carbocycles. The van der Waals surface area contributed by atoms with Crippen molar-refractivity contribution in [2.45, 2.75) is 32.1 Å². The molecule has 1 aliphatic rings. The van der Waals surface area contributed by atoms with Gasteiger partial charge in [-0.25, -0.2) is 0 Å². The average molecular weight is 272 g/mol. The van der Waals surface area contributed by atoms with Gasteiger partial charge in [-0.3, -0.25) is 4.90 Å². The minimum absolute atomic E-state index is 0.335. The second-order valence-electron chi connectivity index (χ2n) is 5.23. The van der Waals surface area contributed by atoms with Gasteiger partial charge in [-0.15, -0.1) is 0 Å². The molecule has 19 heavy (non-hydrogen) atoms. The highest BCUT2D eigenvalue weighted by Gasteiger charge is 2.31. The SMILES string of the molecule is CC1CCN(Cc2ccc(C(F)(F)F)cc2)C1CN. The van der Waals surface area contributed by atoms with E-state index in [9.17, 15) is 13.2 Å². The zero-order chi connectivity index (χ0) is 14.0. The molecule has 0 aliphatic carbocycles. The zero-order valence-corrected chi connectivity index (χ0v) is 11.0. The van der Waals surface area contributed by atoms with Crippen LogP contribution in [-0.2, 0) is 12.7 Å². The third-order valence-electron chi connectivity index (χ3n) is 3.91. The molecule has 2 rings (SSSR count). The maximum atomic E-state index is 12.5. The summed E-state index contributed by atoms with van der Waals surface area (Å²) in [4.78, 5) is 2.26. The topological polar surface area (TPSA) is 29.3 Å². The van der Waals surface area contributed by atoms with E-state index >= 15 is 0 Å². The van der Waals surface area contributed by atoms with Gasteiger partial charge in [0.25, 0.3) is 0 Å². The van der Waals surface area contributed by atoms with E-state index in [4.69, 9.17) is 5.73 Å². The van der Waals surface area contributed by atoms with Crippen LogP contribution in [0, 0.1) is 5.92 Å². The second-order valence-corrected chi connectivity index (χ2v) is 5.23. The van der Waals surface area contributed by atoms with Gasteiger partial charge in [-0.05, 0) is 36.6 Å². The molecule has 1 fully saturated rings. The third kappa shape index (κ3) is 3.28. The zero-order valence-electron chi connectivity index (χ0n) is 11.0. The van der Waals surface area contributed by atoms with Crippen LogP contribution >= 0.6 is 0 Å². The number of alkyl halides is 3. The summed E-state index contributed by atoms with van der Waals surface area (Å²) in [6.45, 7) is 4.40. The molecule has 2 unspecified atom stereocenters. The molecule has 1 saturated heterocycles. The molecule has 1 aromatic rings. The van der Waals surface area contributed by atoms with Crippen LogP contribution in [0.3, 0.4) is 0 Å². The van der Waals surface area contributed by atoms with Crippen molar-refractivity contribution in [3.05, 3.63) is 35.4 Å². The van der Waals surface area contributed by atoms with Crippen molar-refractivity contribution >= 4 is 0 Å². The van der Waals surface area contributed by atoms with Crippen molar-refractivity contribution in [1.82, 2.24) is 4.90 Å². The van der Waals surface area contributed by atoms with Crippen molar-refractivity contribution in [3.8, 4) is 0 Å². The Morgan fingerprint density at radius 3 is 2.42 bits per heavy atom. The predicted molar refractivity (Wildman–Crippen MR) is 68.5 cm³/mol. The molecule has 0 aromatic heterocycles. The normalized spacial score (nSPS) is 24.9. The largest absolute Gasteiger partial charge is 0.416 e. The van der Waals surface area contributed by atoms with Crippen molar-refractivity contribution in [3.63, 3.8) is 0 Å². The fourth-order valence-corrected chi connectivity index (χ4v) is 2.70. The Morgan fingerprint density at radius 2 is 1.89 bits per heavy atom. The summed E-state index contributed by atoms with van der Waals surface area (Å²) in [7, 11) is 0. The third-order valence-corrected chi connectivity index (χ3v) is 3.91. The van der Waals surface area contributed by atoms with Crippen LogP contribution in [0.4, 0.5) is 13.2 Å². The number of benzene rings is 1. The van der Waals surface area contributed by atoms with E-state index < -0.39 is 11.7 Å². The average Bonchev–Trinajstić information content (AvgIpc) is 2.69. The summed E-state index contributed by atoms with van der Waals surface area (Å²) in [6, 6.07) is 5.74. The molecular weight excluding hydrogens is 253 g/mol. The predicted octanol–water partition coefficient (Wildman–Crippen LogP) is 2.87. The van der Waals surface area contributed by atoms with Crippen molar-refractivity contribution < 1.29 is 13.2 Å². The molecule has 2 N–H and O–H groups in total. The first kappa shape index (κ1) is 14.3. The smallest absolute Gasteiger partial charge is 0.329 e. The fourth-order valence-electron chi connectivity index (χ4n) is 2.70. The van der Waals surface area contributed by atoms with Gasteiger partial charge in [0.15, 0.2) is 0 Å². The van der Waals surface area contributed by atoms with E-state index in [1.807, 2.05) is 0 Å². The van der Waals surface area contributed by atoms with Gasteiger partial charge in [0.1, 0.15) is 0 Å². The Bertz CT molecular complexity index is 414. The fraction of sp³-hybridized carbons (Fsp3) is 0.571. The lowest BCUT2D eigenvalue weighted by atomic mass is 10.0. The number of likely N-dealkylation sites (tertiary alicyclic amines) is 1. The van der Waals surface area contributed by atoms with Crippen molar-refractivity contribution in [2.75, 3.05) is 13.1 Å². The number of hydrogen-bond acceptors (Lipinski definition) is 2. The van der Waals surface area contributed by atoms with Gasteiger partial charge in [0, 0.05) is 19.1 Å². The monoisotopic (exact) mass is 272 g/mol. The maximum absolute atomic E-state index is 12.5. The molecular formula is C14H19F3N2. The lowest BCUT2D eigenvalue weighted by molar-refractivity contribution is -0.137. The maximum Gasteiger partial charge on any atom is 0.416 e. The lowest BCUT2D eigenvalue weighted by Crippen LogP contribution is -2.37. The summed E-state index contributed by atoms with van der Waals surface area (Å²) < 4.78 is 37.4. The molecule has 106 valence electrons. The summed E-state index contributed by atoms with van der Waals surface area (Å²) in [5.74, 6) is 0.555. The first-order valence-corrected chi connectivity index (χ1v) is 6.52. The highest BCUT2D eigenvalue weighted by Crippen LogP contribution is 2.30. The van der Waals surface area contributed by atoms with Gasteiger partial charge in [0.2, 0.25) is 0 Å². The van der Waals surface area contributed by atoms with E-state index in [0.717, 1.165) is 30.7 Å². The van der Waals surface area contributed by atoms with Crippen molar-refractivity contribution in [2.24, 2.45) is 11.7 Å². The minimum Gasteiger partial charge on any atom is -0.329 e. The number of rotatable bonds is 3. The molecule has 0 bridgehead atoms. The summed E-state index contributed by atoms with van der Waals surface area (Å²) in [6.07, 6.45) is -3.16. The van der Waals surface area contributed by atoms with Gasteiger partial charge >= 0.3 is 6.18 Å². The number of halogens is 3. The van der Waals surface area contributed by atoms with Gasteiger partial charge < -0.3 is 5.73 Å². The summed E-state index contributed by atoms with van der Waals surface area (Å²) in [5.41, 5.74) is 6.07. The van der Waals surface area contributed by atoms with E-state index in [0.29, 0.717) is 25.0 Å². The Balaban J connectivity index is 2.04. The Labute approximate surface area is 111 Å². The van der Waals surface area contributed by atoms with Crippen molar-refractivity contribution in [1.29, 1.82) is 0 Å². The molecule has 2 nitrogen and oxygen atoms in total. The molecule has 1 aliphatic heterocycles. The van der Waals surface area contributed by atoms with E-state index in [1.165, 1.54) is 0 Å². The van der Waals surface area contributed by atoms with Crippen LogP contribution < -0.4 is 5.73 Å². The standard InChI is InChI=1S/C14H19F3N2/c1-10-6-7-19(13(10)8-18)9-11-2-4-12(5-3-11)14(15,16)17/h2-5,10,13H,6-9,18H2,1H3. The minimum atomic E-state index is -4.26. The quantitative estimate of drug-likeness (QED) is 0.916. The lowest BCUT2D eigenvalue weighted by Gasteiger charge is -2.25. The van der Waals surface area contributed by atoms with E-state index in [-0.39, 0.29) is 0 Å². The molecule has 1 heterocycles. The highest BCUT2D eigenvalue weighted by molar-refractivity contribution is 5.24. The van der Waals surface area contributed by atoms with Crippen LogP contribution in [-0.4, -0.2) is 24.0 Å². The molecule has 0 saturated carbocycles. The molecule has 0 spiro atoms. The van der Waals surface area contributed by atoms with Gasteiger partial charge in [0.05, 0.1) is 5.56 Å². The molecule has 5 heteroatoms. The van der Waals surface area contributed by atoms with Crippen LogP contribution in [0.25, 0.3) is 0 Å². The van der Waals surface area contributed by atoms with Crippen LogP contribution in [0.1, 0.15) is 24.5 Å². The second kappa shape index (κ2) is 5.51.